The maximum absolute atomic E-state index is 13.1. The Bertz CT molecular complexity index is 791. The fourth-order valence-corrected chi connectivity index (χ4v) is 4.31. The van der Waals surface area contributed by atoms with Crippen LogP contribution in [0.3, 0.4) is 0 Å². The third-order valence-corrected chi connectivity index (χ3v) is 5.79. The van der Waals surface area contributed by atoms with E-state index in [2.05, 4.69) is 9.97 Å². The van der Waals surface area contributed by atoms with Crippen molar-refractivity contribution in [1.82, 2.24) is 14.9 Å². The highest BCUT2D eigenvalue weighted by Crippen LogP contribution is 2.44. The molecule has 1 spiro atoms. The van der Waals surface area contributed by atoms with Crippen LogP contribution in [-0.2, 0) is 10.9 Å². The Morgan fingerprint density at radius 3 is 2.17 bits per heavy atom. The minimum Gasteiger partial charge on any atom is -0.444 e. The molecule has 2 fully saturated rings. The Morgan fingerprint density at radius 1 is 1.03 bits per heavy atom. The van der Waals surface area contributed by atoms with Crippen LogP contribution >= 0.6 is 23.2 Å². The van der Waals surface area contributed by atoms with Crippen LogP contribution in [0.2, 0.25) is 10.3 Å². The third kappa shape index (κ3) is 4.99. The number of hydrogen-bond acceptors (Lipinski definition) is 5. The molecular weight excluding hydrogens is 432 g/mol. The fourth-order valence-electron chi connectivity index (χ4n) is 3.78. The van der Waals surface area contributed by atoms with Crippen molar-refractivity contribution < 1.29 is 22.7 Å². The summed E-state index contributed by atoms with van der Waals surface area (Å²) in [6.07, 6.45) is -2.82. The van der Waals surface area contributed by atoms with Crippen LogP contribution in [0.1, 0.15) is 45.7 Å². The number of rotatable bonds is 1. The van der Waals surface area contributed by atoms with Crippen LogP contribution in [-0.4, -0.2) is 52.7 Å². The molecule has 162 valence electrons. The smallest absolute Gasteiger partial charge is 0.436 e. The Balaban J connectivity index is 1.69. The number of carbonyl (C=O) groups is 1. The lowest BCUT2D eigenvalue weighted by atomic mass is 9.78. The average Bonchev–Trinajstić information content (AvgIpc) is 2.96. The highest BCUT2D eigenvalue weighted by Gasteiger charge is 2.44. The highest BCUT2D eigenvalue weighted by molar-refractivity contribution is 6.34. The number of halogens is 5. The minimum absolute atomic E-state index is 0.00478. The largest absolute Gasteiger partial charge is 0.444 e. The van der Waals surface area contributed by atoms with Gasteiger partial charge in [-0.15, -0.1) is 0 Å². The van der Waals surface area contributed by atoms with Gasteiger partial charge >= 0.3 is 12.3 Å². The number of piperidine rings is 1. The Labute approximate surface area is 177 Å². The van der Waals surface area contributed by atoms with Crippen molar-refractivity contribution in [3.8, 4) is 0 Å². The molecule has 2 aliphatic heterocycles. The highest BCUT2D eigenvalue weighted by atomic mass is 35.5. The van der Waals surface area contributed by atoms with Gasteiger partial charge in [0.2, 0.25) is 0 Å². The molecule has 0 aliphatic carbocycles. The topological polar surface area (TPSA) is 58.6 Å². The summed E-state index contributed by atoms with van der Waals surface area (Å²) >= 11 is 11.6. The summed E-state index contributed by atoms with van der Waals surface area (Å²) in [6, 6.07) is 0. The van der Waals surface area contributed by atoms with Gasteiger partial charge in [0, 0.05) is 26.2 Å². The number of amides is 1. The van der Waals surface area contributed by atoms with Gasteiger partial charge in [-0.3, -0.25) is 0 Å². The lowest BCUT2D eigenvalue weighted by Gasteiger charge is -2.39. The number of likely N-dealkylation sites (tertiary alicyclic amines) is 1. The first-order chi connectivity index (χ1) is 13.3. The van der Waals surface area contributed by atoms with E-state index in [0.717, 1.165) is 19.3 Å². The summed E-state index contributed by atoms with van der Waals surface area (Å²) in [5.41, 5.74) is -1.91. The van der Waals surface area contributed by atoms with Gasteiger partial charge < -0.3 is 14.5 Å². The van der Waals surface area contributed by atoms with E-state index < -0.39 is 22.6 Å². The fraction of sp³-hybridized carbons (Fsp3) is 0.722. The molecule has 0 bridgehead atoms. The minimum atomic E-state index is -4.71. The number of ether oxygens (including phenoxy) is 1. The number of aromatic nitrogens is 2. The van der Waals surface area contributed by atoms with Crippen LogP contribution in [0.5, 0.6) is 0 Å². The maximum Gasteiger partial charge on any atom is 0.436 e. The zero-order chi connectivity index (χ0) is 21.6. The number of hydrogen-bond donors (Lipinski definition) is 0. The molecule has 2 saturated heterocycles. The molecule has 0 unspecified atom stereocenters. The van der Waals surface area contributed by atoms with E-state index in [4.69, 9.17) is 27.9 Å². The number of carbonyl (C=O) groups excluding carboxylic acids is 1. The first-order valence-corrected chi connectivity index (χ1v) is 10.1. The zero-order valence-electron chi connectivity index (χ0n) is 16.4. The van der Waals surface area contributed by atoms with E-state index in [1.54, 1.807) is 9.80 Å². The van der Waals surface area contributed by atoms with Crippen molar-refractivity contribution in [3.05, 3.63) is 16.0 Å². The molecule has 3 rings (SSSR count). The lowest BCUT2D eigenvalue weighted by molar-refractivity contribution is -0.141. The predicted octanol–water partition coefficient (Wildman–Crippen LogP) is 5.03. The van der Waals surface area contributed by atoms with Gasteiger partial charge in [0.15, 0.2) is 21.8 Å². The second-order valence-electron chi connectivity index (χ2n) is 8.61. The molecule has 0 atom stereocenters. The number of nitrogens with zero attached hydrogens (tertiary/aromatic N) is 4. The Hall–Kier alpha value is -1.48. The van der Waals surface area contributed by atoms with Crippen molar-refractivity contribution in [2.24, 2.45) is 5.41 Å². The molecule has 0 aromatic carbocycles. The van der Waals surface area contributed by atoms with Crippen molar-refractivity contribution in [3.63, 3.8) is 0 Å². The third-order valence-electron chi connectivity index (χ3n) is 5.28. The molecule has 1 aromatic rings. The zero-order valence-corrected chi connectivity index (χ0v) is 18.0. The van der Waals surface area contributed by atoms with Crippen molar-refractivity contribution >= 4 is 35.1 Å². The molecule has 0 radical (unpaired) electrons. The molecule has 6 nitrogen and oxygen atoms in total. The van der Waals surface area contributed by atoms with Crippen molar-refractivity contribution in [2.45, 2.75) is 51.8 Å². The van der Waals surface area contributed by atoms with E-state index in [0.29, 0.717) is 26.2 Å². The summed E-state index contributed by atoms with van der Waals surface area (Å²) in [7, 11) is 0. The van der Waals surface area contributed by atoms with Crippen LogP contribution < -0.4 is 4.90 Å². The molecule has 1 amide bonds. The molecule has 3 heterocycles. The van der Waals surface area contributed by atoms with E-state index in [-0.39, 0.29) is 22.5 Å². The Morgan fingerprint density at radius 2 is 1.62 bits per heavy atom. The molecular formula is C18H23Cl2F3N4O2. The summed E-state index contributed by atoms with van der Waals surface area (Å²) in [6.45, 7) is 7.54. The normalized spacial score (nSPS) is 19.7. The summed E-state index contributed by atoms with van der Waals surface area (Å²) in [4.78, 5) is 23.0. The summed E-state index contributed by atoms with van der Waals surface area (Å²) in [5, 5.41) is -0.905. The quantitative estimate of drug-likeness (QED) is 0.595. The first-order valence-electron chi connectivity index (χ1n) is 9.33. The summed E-state index contributed by atoms with van der Waals surface area (Å²) < 4.78 is 44.8. The van der Waals surface area contributed by atoms with Crippen LogP contribution in [0.25, 0.3) is 0 Å². The second-order valence-corrected chi connectivity index (χ2v) is 9.33. The Kier molecular flexibility index (Phi) is 5.86. The van der Waals surface area contributed by atoms with E-state index in [1.165, 1.54) is 0 Å². The van der Waals surface area contributed by atoms with Gasteiger partial charge in [-0.05, 0) is 45.4 Å². The molecule has 2 aliphatic rings. The number of anilines is 1. The van der Waals surface area contributed by atoms with Gasteiger partial charge in [0.05, 0.1) is 0 Å². The van der Waals surface area contributed by atoms with E-state index >= 15 is 0 Å². The summed E-state index contributed by atoms with van der Waals surface area (Å²) in [5.74, 6) is -0.00478. The number of alkyl halides is 3. The molecule has 29 heavy (non-hydrogen) atoms. The monoisotopic (exact) mass is 454 g/mol. The van der Waals surface area contributed by atoms with Gasteiger partial charge in [0.25, 0.3) is 0 Å². The van der Waals surface area contributed by atoms with Gasteiger partial charge in [-0.2, -0.15) is 13.2 Å². The van der Waals surface area contributed by atoms with Crippen molar-refractivity contribution in [1.29, 1.82) is 0 Å². The average molecular weight is 455 g/mol. The van der Waals surface area contributed by atoms with E-state index in [1.807, 2.05) is 20.8 Å². The predicted molar refractivity (Wildman–Crippen MR) is 103 cm³/mol. The molecule has 0 saturated carbocycles. The molecule has 1 aromatic heterocycles. The van der Waals surface area contributed by atoms with Crippen LogP contribution in [0.4, 0.5) is 23.8 Å². The van der Waals surface area contributed by atoms with Crippen LogP contribution in [0, 0.1) is 5.41 Å². The molecule has 11 heteroatoms. The van der Waals surface area contributed by atoms with Crippen molar-refractivity contribution in [2.75, 3.05) is 31.1 Å². The SMILES string of the molecule is CC(C)(C)OC(=O)N1CCC2(CC1)CCN(c1nc(C(F)(F)F)c(Cl)nc1Cl)C2. The van der Waals surface area contributed by atoms with E-state index in [9.17, 15) is 18.0 Å². The standard InChI is InChI=1S/C18H23Cl2F3N4O2/c1-16(2,3)29-15(28)26-7-4-17(5-8-26)6-9-27(10-17)14-13(20)25-12(19)11(24-14)18(21,22)23/h4-10H2,1-3H3. The van der Waals surface area contributed by atoms with Gasteiger partial charge in [-0.25, -0.2) is 14.8 Å². The molecule has 0 N–H and O–H groups in total. The lowest BCUT2D eigenvalue weighted by Crippen LogP contribution is -2.46. The second kappa shape index (κ2) is 7.65. The maximum atomic E-state index is 13.1. The van der Waals surface area contributed by atoms with Crippen LogP contribution in [0.15, 0.2) is 0 Å². The van der Waals surface area contributed by atoms with Gasteiger partial charge in [0.1, 0.15) is 5.60 Å². The van der Waals surface area contributed by atoms with Gasteiger partial charge in [-0.1, -0.05) is 23.2 Å². The first kappa shape index (κ1) is 22.2.